The van der Waals surface area contributed by atoms with E-state index in [1.54, 1.807) is 12.1 Å². The summed E-state index contributed by atoms with van der Waals surface area (Å²) in [7, 11) is 0. The Balaban J connectivity index is 1.89. The lowest BCUT2D eigenvalue weighted by Gasteiger charge is -2.24. The average molecular weight is 342 g/mol. The zero-order valence-corrected chi connectivity index (χ0v) is 13.4. The molecular weight excluding hydrogens is 325 g/mol. The Morgan fingerprint density at radius 2 is 1.86 bits per heavy atom. The highest BCUT2D eigenvalue weighted by Crippen LogP contribution is 2.26. The average Bonchev–Trinajstić information content (AvgIpc) is 2.49. The summed E-state index contributed by atoms with van der Waals surface area (Å²) in [5.74, 6) is -2.31. The van der Waals surface area contributed by atoms with Crippen molar-refractivity contribution in [3.63, 3.8) is 0 Å². The number of carboxylic acids is 1. The first-order valence-electron chi connectivity index (χ1n) is 7.08. The van der Waals surface area contributed by atoms with Gasteiger partial charge in [0.25, 0.3) is 0 Å². The quantitative estimate of drug-likeness (QED) is 0.807. The number of carbonyl (C=O) groups is 2. The van der Waals surface area contributed by atoms with Gasteiger partial charge in [0.2, 0.25) is 5.91 Å². The Bertz CT molecular complexity index is 601. The molecule has 2 rings (SSSR count). The minimum absolute atomic E-state index is 0.221. The molecule has 0 heterocycles. The van der Waals surface area contributed by atoms with E-state index in [4.69, 9.17) is 23.2 Å². The molecule has 22 heavy (non-hydrogen) atoms. The van der Waals surface area contributed by atoms with E-state index in [0.717, 1.165) is 5.56 Å². The van der Waals surface area contributed by atoms with Crippen molar-refractivity contribution in [1.82, 2.24) is 5.32 Å². The lowest BCUT2D eigenvalue weighted by atomic mass is 9.82. The molecule has 1 aliphatic rings. The molecule has 0 bridgehead atoms. The minimum atomic E-state index is -0.926. The van der Waals surface area contributed by atoms with Crippen LogP contribution in [0.15, 0.2) is 30.4 Å². The smallest absolute Gasteiger partial charge is 0.307 e. The molecule has 0 saturated heterocycles. The van der Waals surface area contributed by atoms with Crippen molar-refractivity contribution in [3.8, 4) is 0 Å². The van der Waals surface area contributed by atoms with E-state index in [1.165, 1.54) is 0 Å². The van der Waals surface area contributed by atoms with Gasteiger partial charge in [-0.25, -0.2) is 0 Å². The highest BCUT2D eigenvalue weighted by molar-refractivity contribution is 6.35. The fourth-order valence-electron chi connectivity index (χ4n) is 2.55. The van der Waals surface area contributed by atoms with E-state index >= 15 is 0 Å². The van der Waals surface area contributed by atoms with Gasteiger partial charge in [-0.05, 0) is 37.0 Å². The van der Waals surface area contributed by atoms with Gasteiger partial charge in [-0.3, -0.25) is 9.59 Å². The first-order chi connectivity index (χ1) is 10.5. The zero-order chi connectivity index (χ0) is 16.1. The predicted octanol–water partition coefficient (Wildman–Crippen LogP) is 3.32. The molecule has 4 nitrogen and oxygen atoms in total. The Morgan fingerprint density at radius 1 is 1.18 bits per heavy atom. The van der Waals surface area contributed by atoms with E-state index in [2.05, 4.69) is 5.32 Å². The fraction of sp³-hybridized carbons (Fsp3) is 0.375. The van der Waals surface area contributed by atoms with Crippen molar-refractivity contribution in [2.45, 2.75) is 19.3 Å². The molecule has 0 fully saturated rings. The van der Waals surface area contributed by atoms with Gasteiger partial charge in [0, 0.05) is 16.6 Å². The summed E-state index contributed by atoms with van der Waals surface area (Å²) in [5.41, 5.74) is 0.893. The van der Waals surface area contributed by atoms with Crippen LogP contribution in [-0.4, -0.2) is 23.5 Å². The molecule has 1 aromatic carbocycles. The van der Waals surface area contributed by atoms with Gasteiger partial charge in [0.05, 0.1) is 11.8 Å². The van der Waals surface area contributed by atoms with Crippen molar-refractivity contribution >= 4 is 35.1 Å². The first-order valence-corrected chi connectivity index (χ1v) is 7.84. The molecule has 2 N–H and O–H groups in total. The number of nitrogens with one attached hydrogen (secondary N) is 1. The molecule has 1 aromatic rings. The first kappa shape index (κ1) is 16.8. The summed E-state index contributed by atoms with van der Waals surface area (Å²) in [6, 6.07) is 5.23. The summed E-state index contributed by atoms with van der Waals surface area (Å²) < 4.78 is 0. The van der Waals surface area contributed by atoms with Gasteiger partial charge >= 0.3 is 5.97 Å². The number of hydrogen-bond acceptors (Lipinski definition) is 2. The number of carboxylic acid groups (broad SMARTS) is 1. The molecular formula is C16H17Cl2NO3. The van der Waals surface area contributed by atoms with Crippen LogP contribution < -0.4 is 5.32 Å². The van der Waals surface area contributed by atoms with Crippen molar-refractivity contribution in [3.05, 3.63) is 46.0 Å². The molecule has 1 aliphatic carbocycles. The summed E-state index contributed by atoms with van der Waals surface area (Å²) in [4.78, 5) is 23.4. The third kappa shape index (κ3) is 4.24. The van der Waals surface area contributed by atoms with Crippen molar-refractivity contribution < 1.29 is 14.7 Å². The van der Waals surface area contributed by atoms with Crippen LogP contribution in [0.2, 0.25) is 10.0 Å². The molecule has 2 atom stereocenters. The number of rotatable bonds is 5. The molecule has 118 valence electrons. The standard InChI is InChI=1S/C16H17Cl2NO3/c17-11-6-5-10(14(18)9-11)7-8-19-15(20)12-3-1-2-4-13(12)16(21)22/h1-2,5-6,9,12-13H,3-4,7-8H2,(H,19,20)(H,21,22). The second kappa shape index (κ2) is 7.65. The maximum atomic E-state index is 12.2. The third-order valence-corrected chi connectivity index (χ3v) is 4.38. The Morgan fingerprint density at radius 3 is 2.50 bits per heavy atom. The molecule has 0 aliphatic heterocycles. The Labute approximate surface area is 139 Å². The van der Waals surface area contributed by atoms with Crippen LogP contribution in [0.3, 0.4) is 0 Å². The highest BCUT2D eigenvalue weighted by Gasteiger charge is 2.33. The molecule has 6 heteroatoms. The van der Waals surface area contributed by atoms with Gasteiger partial charge < -0.3 is 10.4 Å². The Kier molecular flexibility index (Phi) is 5.86. The third-order valence-electron chi connectivity index (χ3n) is 3.80. The van der Waals surface area contributed by atoms with Crippen LogP contribution in [-0.2, 0) is 16.0 Å². The van der Waals surface area contributed by atoms with Gasteiger partial charge in [0.15, 0.2) is 0 Å². The van der Waals surface area contributed by atoms with E-state index in [9.17, 15) is 14.7 Å². The summed E-state index contributed by atoms with van der Waals surface area (Å²) in [6.07, 6.45) is 5.11. The lowest BCUT2D eigenvalue weighted by molar-refractivity contribution is -0.147. The largest absolute Gasteiger partial charge is 0.481 e. The number of aliphatic carboxylic acids is 1. The summed E-state index contributed by atoms with van der Waals surface area (Å²) in [5, 5.41) is 13.1. The number of halogens is 2. The number of carbonyl (C=O) groups excluding carboxylic acids is 1. The van der Waals surface area contributed by atoms with Crippen molar-refractivity contribution in [2.75, 3.05) is 6.54 Å². The number of amides is 1. The molecule has 0 spiro atoms. The SMILES string of the molecule is O=C(O)C1CC=CCC1C(=O)NCCc1ccc(Cl)cc1Cl. The number of hydrogen-bond donors (Lipinski definition) is 2. The fourth-order valence-corrected chi connectivity index (χ4v) is 3.06. The summed E-state index contributed by atoms with van der Waals surface area (Å²) >= 11 is 11.9. The zero-order valence-electron chi connectivity index (χ0n) is 11.9. The highest BCUT2D eigenvalue weighted by atomic mass is 35.5. The van der Waals surface area contributed by atoms with Crippen molar-refractivity contribution in [1.29, 1.82) is 0 Å². The maximum Gasteiger partial charge on any atom is 0.307 e. The van der Waals surface area contributed by atoms with Crippen LogP contribution in [0.4, 0.5) is 0 Å². The monoisotopic (exact) mass is 341 g/mol. The molecule has 1 amide bonds. The van der Waals surface area contributed by atoms with Crippen LogP contribution in [0, 0.1) is 11.8 Å². The topological polar surface area (TPSA) is 66.4 Å². The minimum Gasteiger partial charge on any atom is -0.481 e. The van der Waals surface area contributed by atoms with Gasteiger partial charge in [0.1, 0.15) is 0 Å². The van der Waals surface area contributed by atoms with Gasteiger partial charge in [-0.2, -0.15) is 0 Å². The molecule has 0 aromatic heterocycles. The van der Waals surface area contributed by atoms with E-state index in [0.29, 0.717) is 35.9 Å². The van der Waals surface area contributed by atoms with Gasteiger partial charge in [-0.1, -0.05) is 41.4 Å². The van der Waals surface area contributed by atoms with Crippen molar-refractivity contribution in [2.24, 2.45) is 11.8 Å². The second-order valence-corrected chi connectivity index (χ2v) is 6.11. The molecule has 0 saturated carbocycles. The number of allylic oxidation sites excluding steroid dienone is 2. The van der Waals surface area contributed by atoms with Crippen LogP contribution in [0.1, 0.15) is 18.4 Å². The predicted molar refractivity (Wildman–Crippen MR) is 86.2 cm³/mol. The summed E-state index contributed by atoms with van der Waals surface area (Å²) in [6.45, 7) is 0.409. The van der Waals surface area contributed by atoms with Gasteiger partial charge in [-0.15, -0.1) is 0 Å². The normalized spacial score (nSPS) is 20.6. The van der Waals surface area contributed by atoms with Crippen LogP contribution in [0.5, 0.6) is 0 Å². The second-order valence-electron chi connectivity index (χ2n) is 5.27. The van der Waals surface area contributed by atoms with Crippen LogP contribution >= 0.6 is 23.2 Å². The number of benzene rings is 1. The Hall–Kier alpha value is -1.52. The van der Waals surface area contributed by atoms with Crippen LogP contribution in [0.25, 0.3) is 0 Å². The lowest BCUT2D eigenvalue weighted by Crippen LogP contribution is -2.39. The van der Waals surface area contributed by atoms with E-state index in [1.807, 2.05) is 18.2 Å². The van der Waals surface area contributed by atoms with E-state index in [-0.39, 0.29) is 5.91 Å². The molecule has 2 unspecified atom stereocenters. The van der Waals surface area contributed by atoms with E-state index < -0.39 is 17.8 Å². The maximum absolute atomic E-state index is 12.2. The molecule has 0 radical (unpaired) electrons.